The van der Waals surface area contributed by atoms with Crippen LogP contribution in [-0.4, -0.2) is 33.8 Å². The van der Waals surface area contributed by atoms with Gasteiger partial charge in [0.05, 0.1) is 29.0 Å². The number of nitro groups is 1. The summed E-state index contributed by atoms with van der Waals surface area (Å²) in [5.41, 5.74) is 2.22. The minimum absolute atomic E-state index is 0.00477. The molecule has 8 nitrogen and oxygen atoms in total. The van der Waals surface area contributed by atoms with Gasteiger partial charge in [-0.1, -0.05) is 18.2 Å². The molecule has 28 heavy (non-hydrogen) atoms. The first kappa shape index (κ1) is 17.7. The highest BCUT2D eigenvalue weighted by atomic mass is 16.6. The van der Waals surface area contributed by atoms with Gasteiger partial charge in [0.2, 0.25) is 0 Å². The van der Waals surface area contributed by atoms with Crippen LogP contribution in [0.2, 0.25) is 0 Å². The second kappa shape index (κ2) is 7.51. The number of para-hydroxylation sites is 1. The number of nitrogens with one attached hydrogen (secondary N) is 1. The van der Waals surface area contributed by atoms with E-state index >= 15 is 0 Å². The SMILES string of the molecule is O=C(NCC1COc2ccccc2C1)c1cnn(-c2ccc([N+](=O)[O-])cc2)c1. The Morgan fingerprint density at radius 3 is 2.82 bits per heavy atom. The average molecular weight is 378 g/mol. The van der Waals surface area contributed by atoms with Crippen LogP contribution in [0.1, 0.15) is 15.9 Å². The van der Waals surface area contributed by atoms with E-state index < -0.39 is 4.92 Å². The summed E-state index contributed by atoms with van der Waals surface area (Å²) >= 11 is 0. The highest BCUT2D eigenvalue weighted by Crippen LogP contribution is 2.26. The van der Waals surface area contributed by atoms with E-state index in [-0.39, 0.29) is 17.5 Å². The first-order valence-electron chi connectivity index (χ1n) is 8.88. The van der Waals surface area contributed by atoms with Crippen molar-refractivity contribution in [3.63, 3.8) is 0 Å². The summed E-state index contributed by atoms with van der Waals surface area (Å²) in [4.78, 5) is 22.7. The van der Waals surface area contributed by atoms with Gasteiger partial charge in [0, 0.05) is 30.8 Å². The lowest BCUT2D eigenvalue weighted by Gasteiger charge is -2.25. The van der Waals surface area contributed by atoms with E-state index in [2.05, 4.69) is 10.4 Å². The number of non-ortho nitro benzene ring substituents is 1. The normalized spacial score (nSPS) is 15.4. The molecular formula is C20H18N4O4. The fourth-order valence-electron chi connectivity index (χ4n) is 3.17. The van der Waals surface area contributed by atoms with Crippen molar-refractivity contribution >= 4 is 11.6 Å². The Morgan fingerprint density at radius 2 is 2.04 bits per heavy atom. The Labute approximate surface area is 160 Å². The molecule has 1 atom stereocenters. The van der Waals surface area contributed by atoms with Gasteiger partial charge in [0.15, 0.2) is 0 Å². The number of nitrogens with zero attached hydrogens (tertiary/aromatic N) is 3. The zero-order valence-corrected chi connectivity index (χ0v) is 14.9. The number of fused-ring (bicyclic) bond motifs is 1. The molecule has 0 saturated carbocycles. The van der Waals surface area contributed by atoms with E-state index in [0.29, 0.717) is 24.4 Å². The third kappa shape index (κ3) is 3.71. The number of hydrogen-bond acceptors (Lipinski definition) is 5. The molecule has 0 spiro atoms. The third-order valence-electron chi connectivity index (χ3n) is 4.68. The van der Waals surface area contributed by atoms with Crippen LogP contribution in [0.3, 0.4) is 0 Å². The van der Waals surface area contributed by atoms with Crippen LogP contribution >= 0.6 is 0 Å². The van der Waals surface area contributed by atoms with Crippen molar-refractivity contribution in [1.29, 1.82) is 0 Å². The Kier molecular flexibility index (Phi) is 4.76. The molecule has 2 aromatic carbocycles. The van der Waals surface area contributed by atoms with E-state index in [1.54, 1.807) is 18.3 Å². The number of amides is 1. The average Bonchev–Trinajstić information content (AvgIpc) is 3.22. The number of aromatic nitrogens is 2. The summed E-state index contributed by atoms with van der Waals surface area (Å²) in [6.45, 7) is 1.08. The number of rotatable bonds is 5. The van der Waals surface area contributed by atoms with Crippen LogP contribution in [0, 0.1) is 16.0 Å². The first-order chi connectivity index (χ1) is 13.6. The third-order valence-corrected chi connectivity index (χ3v) is 4.68. The van der Waals surface area contributed by atoms with E-state index in [0.717, 1.165) is 17.7 Å². The van der Waals surface area contributed by atoms with E-state index in [9.17, 15) is 14.9 Å². The smallest absolute Gasteiger partial charge is 0.269 e. The lowest BCUT2D eigenvalue weighted by Crippen LogP contribution is -2.34. The molecule has 8 heteroatoms. The van der Waals surface area contributed by atoms with Gasteiger partial charge in [-0.25, -0.2) is 4.68 Å². The van der Waals surface area contributed by atoms with E-state index in [4.69, 9.17) is 4.74 Å². The molecule has 0 saturated heterocycles. The van der Waals surface area contributed by atoms with Gasteiger partial charge in [-0.15, -0.1) is 0 Å². The van der Waals surface area contributed by atoms with Gasteiger partial charge in [0.25, 0.3) is 11.6 Å². The van der Waals surface area contributed by atoms with Gasteiger partial charge in [-0.05, 0) is 30.2 Å². The highest BCUT2D eigenvalue weighted by Gasteiger charge is 2.20. The van der Waals surface area contributed by atoms with Crippen LogP contribution < -0.4 is 10.1 Å². The Morgan fingerprint density at radius 1 is 1.25 bits per heavy atom. The fourth-order valence-corrected chi connectivity index (χ4v) is 3.17. The number of carbonyl (C=O) groups excluding carboxylic acids is 1. The predicted octanol–water partition coefficient (Wildman–Crippen LogP) is 2.76. The number of carbonyl (C=O) groups is 1. The molecule has 142 valence electrons. The summed E-state index contributed by atoms with van der Waals surface area (Å²) in [5, 5.41) is 17.8. The van der Waals surface area contributed by atoms with Crippen LogP contribution in [0.5, 0.6) is 5.75 Å². The standard InChI is InChI=1S/C20H18N4O4/c25-20(21-10-14-9-15-3-1-2-4-19(15)28-13-14)16-11-22-23(12-16)17-5-7-18(8-6-17)24(26)27/h1-8,11-12,14H,9-10,13H2,(H,21,25). The molecule has 1 aromatic heterocycles. The van der Waals surface area contributed by atoms with Gasteiger partial charge in [0.1, 0.15) is 5.75 Å². The lowest BCUT2D eigenvalue weighted by molar-refractivity contribution is -0.384. The largest absolute Gasteiger partial charge is 0.493 e. The number of nitro benzene ring substituents is 1. The summed E-state index contributed by atoms with van der Waals surface area (Å²) in [5.74, 6) is 0.907. The molecule has 1 aliphatic heterocycles. The summed E-state index contributed by atoms with van der Waals surface area (Å²) < 4.78 is 7.26. The van der Waals surface area contributed by atoms with Crippen molar-refractivity contribution in [3.05, 3.63) is 82.2 Å². The molecule has 1 unspecified atom stereocenters. The first-order valence-corrected chi connectivity index (χ1v) is 8.88. The molecule has 1 N–H and O–H groups in total. The molecule has 2 heterocycles. The van der Waals surface area contributed by atoms with Gasteiger partial charge in [-0.2, -0.15) is 5.10 Å². The second-order valence-corrected chi connectivity index (χ2v) is 6.65. The fraction of sp³-hybridized carbons (Fsp3) is 0.200. The van der Waals surface area contributed by atoms with Crippen LogP contribution in [0.15, 0.2) is 60.9 Å². The van der Waals surface area contributed by atoms with Crippen molar-refractivity contribution in [2.75, 3.05) is 13.2 Å². The molecule has 1 aliphatic rings. The minimum atomic E-state index is -0.459. The number of hydrogen-bond donors (Lipinski definition) is 1. The summed E-state index contributed by atoms with van der Waals surface area (Å²) in [7, 11) is 0. The molecule has 3 aromatic rings. The van der Waals surface area contributed by atoms with Crippen LogP contribution in [0.4, 0.5) is 5.69 Å². The molecular weight excluding hydrogens is 360 g/mol. The van der Waals surface area contributed by atoms with Crippen LogP contribution in [0.25, 0.3) is 5.69 Å². The quantitative estimate of drug-likeness (QED) is 0.544. The Hall–Kier alpha value is -3.68. The second-order valence-electron chi connectivity index (χ2n) is 6.65. The monoisotopic (exact) mass is 378 g/mol. The zero-order valence-electron chi connectivity index (χ0n) is 14.9. The maximum atomic E-state index is 12.4. The Bertz CT molecular complexity index is 1010. The molecule has 0 fully saturated rings. The van der Waals surface area contributed by atoms with Gasteiger partial charge in [-0.3, -0.25) is 14.9 Å². The maximum Gasteiger partial charge on any atom is 0.269 e. The topological polar surface area (TPSA) is 99.3 Å². The van der Waals surface area contributed by atoms with E-state index in [1.165, 1.54) is 23.0 Å². The molecule has 1 amide bonds. The molecule has 4 rings (SSSR count). The van der Waals surface area contributed by atoms with Gasteiger partial charge < -0.3 is 10.1 Å². The van der Waals surface area contributed by atoms with Crippen molar-refractivity contribution in [2.45, 2.75) is 6.42 Å². The maximum absolute atomic E-state index is 12.4. The highest BCUT2D eigenvalue weighted by molar-refractivity contribution is 5.93. The van der Waals surface area contributed by atoms with Crippen molar-refractivity contribution < 1.29 is 14.5 Å². The molecule has 0 radical (unpaired) electrons. The zero-order chi connectivity index (χ0) is 19.5. The van der Waals surface area contributed by atoms with Crippen molar-refractivity contribution in [2.24, 2.45) is 5.92 Å². The number of ether oxygens (including phenoxy) is 1. The van der Waals surface area contributed by atoms with Crippen molar-refractivity contribution in [1.82, 2.24) is 15.1 Å². The molecule has 0 aliphatic carbocycles. The minimum Gasteiger partial charge on any atom is -0.493 e. The molecule has 0 bridgehead atoms. The summed E-state index contributed by atoms with van der Waals surface area (Å²) in [6, 6.07) is 13.9. The Balaban J connectivity index is 1.36. The predicted molar refractivity (Wildman–Crippen MR) is 102 cm³/mol. The summed E-state index contributed by atoms with van der Waals surface area (Å²) in [6.07, 6.45) is 3.94. The van der Waals surface area contributed by atoms with Crippen LogP contribution in [-0.2, 0) is 6.42 Å². The van der Waals surface area contributed by atoms with E-state index in [1.807, 2.05) is 24.3 Å². The number of benzene rings is 2. The van der Waals surface area contributed by atoms with Crippen molar-refractivity contribution in [3.8, 4) is 11.4 Å². The van der Waals surface area contributed by atoms with Gasteiger partial charge >= 0.3 is 0 Å². The lowest BCUT2D eigenvalue weighted by atomic mass is 9.97.